The van der Waals surface area contributed by atoms with Crippen LogP contribution in [0, 0.1) is 5.92 Å². The Hall–Kier alpha value is -0.770. The average molecular weight is 282 g/mol. The lowest BCUT2D eigenvalue weighted by Crippen LogP contribution is -2.66. The van der Waals surface area contributed by atoms with Gasteiger partial charge in [-0.3, -0.25) is 4.90 Å². The van der Waals surface area contributed by atoms with E-state index in [4.69, 9.17) is 4.74 Å². The summed E-state index contributed by atoms with van der Waals surface area (Å²) < 4.78 is 5.55. The number of ether oxygens (including phenoxy) is 1. The Labute approximate surface area is 123 Å². The molecule has 4 heteroatoms. The molecule has 0 saturated carbocycles. The highest BCUT2D eigenvalue weighted by Gasteiger charge is 2.46. The molecule has 2 heterocycles. The highest BCUT2D eigenvalue weighted by Crippen LogP contribution is 2.37. The number of carbonyl (C=O) groups excluding carboxylic acids is 1. The fraction of sp³-hybridized carbons (Fsp3) is 0.938. The lowest BCUT2D eigenvalue weighted by molar-refractivity contribution is -0.0603. The normalized spacial score (nSPS) is 28.4. The summed E-state index contributed by atoms with van der Waals surface area (Å²) in [6.07, 6.45) is 3.42. The van der Waals surface area contributed by atoms with Gasteiger partial charge in [0.2, 0.25) is 0 Å². The Balaban J connectivity index is 2.08. The van der Waals surface area contributed by atoms with Gasteiger partial charge in [0.15, 0.2) is 0 Å². The van der Waals surface area contributed by atoms with E-state index in [1.165, 1.54) is 25.9 Å². The fourth-order valence-electron chi connectivity index (χ4n) is 3.40. The van der Waals surface area contributed by atoms with Crippen LogP contribution in [-0.4, -0.2) is 53.2 Å². The molecular formula is C16H30N2O2. The molecule has 0 aromatic heterocycles. The van der Waals surface area contributed by atoms with Gasteiger partial charge in [0.05, 0.1) is 0 Å². The van der Waals surface area contributed by atoms with Gasteiger partial charge in [-0.15, -0.1) is 0 Å². The van der Waals surface area contributed by atoms with E-state index in [9.17, 15) is 4.79 Å². The van der Waals surface area contributed by atoms with E-state index < -0.39 is 5.60 Å². The van der Waals surface area contributed by atoms with Gasteiger partial charge >= 0.3 is 6.09 Å². The molecule has 0 aromatic rings. The maximum absolute atomic E-state index is 12.3. The van der Waals surface area contributed by atoms with Gasteiger partial charge in [-0.1, -0.05) is 13.8 Å². The van der Waals surface area contributed by atoms with Crippen molar-refractivity contribution in [1.29, 1.82) is 0 Å². The van der Waals surface area contributed by atoms with E-state index >= 15 is 0 Å². The first-order chi connectivity index (χ1) is 9.24. The van der Waals surface area contributed by atoms with Crippen molar-refractivity contribution in [1.82, 2.24) is 9.80 Å². The van der Waals surface area contributed by atoms with Crippen LogP contribution < -0.4 is 0 Å². The molecular weight excluding hydrogens is 252 g/mol. The van der Waals surface area contributed by atoms with E-state index in [1.54, 1.807) is 0 Å². The third-order valence-electron chi connectivity index (χ3n) is 4.71. The van der Waals surface area contributed by atoms with Crippen molar-refractivity contribution >= 4 is 6.09 Å². The molecule has 2 rings (SSSR count). The number of nitrogens with zero attached hydrogens (tertiary/aromatic N) is 2. The molecule has 0 spiro atoms. The van der Waals surface area contributed by atoms with Crippen molar-refractivity contribution in [2.45, 2.75) is 65.0 Å². The lowest BCUT2D eigenvalue weighted by atomic mass is 9.76. The topological polar surface area (TPSA) is 32.8 Å². The minimum Gasteiger partial charge on any atom is -0.444 e. The van der Waals surface area contributed by atoms with Crippen LogP contribution in [0.1, 0.15) is 53.9 Å². The first-order valence-electron chi connectivity index (χ1n) is 7.97. The largest absolute Gasteiger partial charge is 0.444 e. The zero-order chi connectivity index (χ0) is 15.0. The van der Waals surface area contributed by atoms with Gasteiger partial charge in [0, 0.05) is 18.6 Å². The van der Waals surface area contributed by atoms with Gasteiger partial charge in [-0.25, -0.2) is 4.79 Å². The minimum absolute atomic E-state index is 0.150. The molecule has 2 aliphatic rings. The minimum atomic E-state index is -0.411. The third kappa shape index (κ3) is 3.11. The molecule has 2 saturated heterocycles. The van der Waals surface area contributed by atoms with Gasteiger partial charge < -0.3 is 9.64 Å². The smallest absolute Gasteiger partial charge is 0.410 e. The van der Waals surface area contributed by atoms with Crippen LogP contribution in [0.15, 0.2) is 0 Å². The van der Waals surface area contributed by atoms with Crippen molar-refractivity contribution < 1.29 is 9.53 Å². The Morgan fingerprint density at radius 1 is 1.15 bits per heavy atom. The van der Waals surface area contributed by atoms with Crippen LogP contribution in [0.25, 0.3) is 0 Å². The zero-order valence-corrected chi connectivity index (χ0v) is 13.7. The van der Waals surface area contributed by atoms with Crippen LogP contribution in [0.5, 0.6) is 0 Å². The highest BCUT2D eigenvalue weighted by atomic mass is 16.6. The first-order valence-corrected chi connectivity index (χ1v) is 7.97. The Bertz CT molecular complexity index is 358. The number of rotatable bonds is 2. The molecule has 1 atom stereocenters. The number of hydrogen-bond acceptors (Lipinski definition) is 3. The molecule has 2 aliphatic heterocycles. The summed E-state index contributed by atoms with van der Waals surface area (Å²) in [6.45, 7) is 14.4. The van der Waals surface area contributed by atoms with Crippen molar-refractivity contribution in [3.05, 3.63) is 0 Å². The van der Waals surface area contributed by atoms with Gasteiger partial charge in [0.25, 0.3) is 0 Å². The highest BCUT2D eigenvalue weighted by molar-refractivity contribution is 5.68. The SMILES string of the molecule is CC(C)C1(N2CCC2)CCCN(C(=O)OC(C)(C)C)C1. The number of piperidine rings is 1. The van der Waals surface area contributed by atoms with Crippen molar-refractivity contribution in [2.75, 3.05) is 26.2 Å². The zero-order valence-electron chi connectivity index (χ0n) is 13.7. The predicted octanol–water partition coefficient (Wildman–Crippen LogP) is 3.12. The van der Waals surface area contributed by atoms with Crippen LogP contribution in [0.3, 0.4) is 0 Å². The summed E-state index contributed by atoms with van der Waals surface area (Å²) in [7, 11) is 0. The lowest BCUT2D eigenvalue weighted by Gasteiger charge is -2.55. The van der Waals surface area contributed by atoms with Crippen LogP contribution in [-0.2, 0) is 4.74 Å². The van der Waals surface area contributed by atoms with Gasteiger partial charge in [-0.2, -0.15) is 0 Å². The molecule has 116 valence electrons. The molecule has 0 radical (unpaired) electrons. The summed E-state index contributed by atoms with van der Waals surface area (Å²) in [5.41, 5.74) is -0.251. The fourth-order valence-corrected chi connectivity index (χ4v) is 3.40. The third-order valence-corrected chi connectivity index (χ3v) is 4.71. The Morgan fingerprint density at radius 2 is 1.80 bits per heavy atom. The van der Waals surface area contributed by atoms with Gasteiger partial charge in [0.1, 0.15) is 5.60 Å². The van der Waals surface area contributed by atoms with Gasteiger partial charge in [-0.05, 0) is 59.0 Å². The molecule has 4 nitrogen and oxygen atoms in total. The molecule has 1 unspecified atom stereocenters. The second kappa shape index (κ2) is 5.55. The second-order valence-electron chi connectivity index (χ2n) is 7.60. The quantitative estimate of drug-likeness (QED) is 0.780. The van der Waals surface area contributed by atoms with Crippen molar-refractivity contribution in [3.63, 3.8) is 0 Å². The Kier molecular flexibility index (Phi) is 4.33. The van der Waals surface area contributed by atoms with Crippen molar-refractivity contribution in [3.8, 4) is 0 Å². The van der Waals surface area contributed by atoms with Crippen LogP contribution in [0.4, 0.5) is 4.79 Å². The molecule has 0 aliphatic carbocycles. The Morgan fingerprint density at radius 3 is 2.25 bits per heavy atom. The van der Waals surface area contributed by atoms with E-state index in [2.05, 4.69) is 18.7 Å². The maximum atomic E-state index is 12.3. The van der Waals surface area contributed by atoms with Crippen LogP contribution >= 0.6 is 0 Å². The molecule has 2 fully saturated rings. The molecule has 0 N–H and O–H groups in total. The number of amides is 1. The van der Waals surface area contributed by atoms with E-state index in [0.717, 1.165) is 19.5 Å². The molecule has 1 amide bonds. The van der Waals surface area contributed by atoms with E-state index in [1.807, 2.05) is 25.7 Å². The average Bonchev–Trinajstić information content (AvgIpc) is 2.24. The number of hydrogen-bond donors (Lipinski definition) is 0. The second-order valence-corrected chi connectivity index (χ2v) is 7.60. The van der Waals surface area contributed by atoms with E-state index in [-0.39, 0.29) is 11.6 Å². The number of likely N-dealkylation sites (tertiary alicyclic amines) is 2. The first kappa shape index (κ1) is 15.6. The summed E-state index contributed by atoms with van der Waals surface area (Å²) in [6, 6.07) is 0. The maximum Gasteiger partial charge on any atom is 0.410 e. The summed E-state index contributed by atoms with van der Waals surface area (Å²) in [5.74, 6) is 0.563. The molecule has 20 heavy (non-hydrogen) atoms. The van der Waals surface area contributed by atoms with Crippen molar-refractivity contribution in [2.24, 2.45) is 5.92 Å². The molecule has 0 aromatic carbocycles. The molecule has 0 bridgehead atoms. The summed E-state index contributed by atoms with van der Waals surface area (Å²) in [5, 5.41) is 0. The predicted molar refractivity (Wildman–Crippen MR) is 80.8 cm³/mol. The van der Waals surface area contributed by atoms with E-state index in [0.29, 0.717) is 5.92 Å². The number of carbonyl (C=O) groups is 1. The van der Waals surface area contributed by atoms with Crippen LogP contribution in [0.2, 0.25) is 0 Å². The summed E-state index contributed by atoms with van der Waals surface area (Å²) in [4.78, 5) is 16.8. The summed E-state index contributed by atoms with van der Waals surface area (Å²) >= 11 is 0. The standard InChI is InChI=1S/C16H30N2O2/c1-13(2)16(18-10-7-11-18)8-6-9-17(12-16)14(19)20-15(3,4)5/h13H,6-12H2,1-5H3. The monoisotopic (exact) mass is 282 g/mol.